The Morgan fingerprint density at radius 1 is 1.35 bits per heavy atom. The molecule has 1 aromatic carbocycles. The minimum Gasteiger partial charge on any atom is -0.493 e. The minimum absolute atomic E-state index is 0.0929. The molecule has 0 aliphatic carbocycles. The van der Waals surface area contributed by atoms with Crippen molar-refractivity contribution < 1.29 is 18.8 Å². The molecule has 0 spiro atoms. The summed E-state index contributed by atoms with van der Waals surface area (Å²) in [4.78, 5) is 13.8. The van der Waals surface area contributed by atoms with Crippen LogP contribution in [0.15, 0.2) is 30.5 Å². The number of aromatic nitrogens is 1. The average molecular weight is 299 g/mol. The molecule has 0 bridgehead atoms. The molecule has 0 saturated heterocycles. The third-order valence-electron chi connectivity index (χ3n) is 2.34. The van der Waals surface area contributed by atoms with E-state index in [1.165, 1.54) is 31.5 Å². The molecule has 0 N–H and O–H groups in total. The Balaban J connectivity index is 2.35. The van der Waals surface area contributed by atoms with Crippen LogP contribution in [0.5, 0.6) is 17.4 Å². The van der Waals surface area contributed by atoms with Gasteiger partial charge in [-0.15, -0.1) is 0 Å². The Labute approximate surface area is 117 Å². The molecule has 0 unspecified atom stereocenters. The van der Waals surface area contributed by atoms with E-state index in [2.05, 4.69) is 4.98 Å². The standard InChI is InChI=1S/C12H8ClFN2O4/c1-19-11-5-8(16(17)18)2-3-10(11)20-12-9(14)4-7(13)6-15-12/h2-6H,1H3. The highest BCUT2D eigenvalue weighted by Gasteiger charge is 2.15. The van der Waals surface area contributed by atoms with Gasteiger partial charge in [0.25, 0.3) is 11.6 Å². The number of nitrogens with zero attached hydrogens (tertiary/aromatic N) is 2. The molecule has 6 nitrogen and oxygen atoms in total. The number of benzene rings is 1. The zero-order valence-corrected chi connectivity index (χ0v) is 10.9. The van der Waals surface area contributed by atoms with E-state index in [0.29, 0.717) is 0 Å². The minimum atomic E-state index is -0.752. The van der Waals surface area contributed by atoms with Gasteiger partial charge in [0.1, 0.15) is 0 Å². The van der Waals surface area contributed by atoms with Crippen LogP contribution in [0, 0.1) is 15.9 Å². The molecule has 0 aliphatic rings. The van der Waals surface area contributed by atoms with Crippen molar-refractivity contribution in [1.29, 1.82) is 0 Å². The number of nitro benzene ring substituents is 1. The molecule has 1 aromatic heterocycles. The predicted octanol–water partition coefficient (Wildman–Crippen LogP) is 3.58. The van der Waals surface area contributed by atoms with E-state index in [9.17, 15) is 14.5 Å². The number of rotatable bonds is 4. The lowest BCUT2D eigenvalue weighted by Gasteiger charge is -2.09. The van der Waals surface area contributed by atoms with Gasteiger partial charge < -0.3 is 9.47 Å². The number of methoxy groups -OCH3 is 1. The largest absolute Gasteiger partial charge is 0.493 e. The van der Waals surface area contributed by atoms with Gasteiger partial charge in [0.2, 0.25) is 0 Å². The third kappa shape index (κ3) is 2.94. The van der Waals surface area contributed by atoms with Crippen molar-refractivity contribution in [3.05, 3.63) is 51.4 Å². The molecule has 1 heterocycles. The van der Waals surface area contributed by atoms with Crippen molar-refractivity contribution in [2.75, 3.05) is 7.11 Å². The van der Waals surface area contributed by atoms with Crippen molar-refractivity contribution in [2.45, 2.75) is 0 Å². The van der Waals surface area contributed by atoms with Crippen molar-refractivity contribution in [1.82, 2.24) is 4.98 Å². The number of ether oxygens (including phenoxy) is 2. The van der Waals surface area contributed by atoms with Crippen LogP contribution in [0.2, 0.25) is 5.02 Å². The molecule has 20 heavy (non-hydrogen) atoms. The van der Waals surface area contributed by atoms with Crippen LogP contribution in [0.3, 0.4) is 0 Å². The molecule has 0 fully saturated rings. The molecule has 2 aromatic rings. The number of non-ortho nitro benzene ring substituents is 1. The smallest absolute Gasteiger partial charge is 0.273 e. The lowest BCUT2D eigenvalue weighted by molar-refractivity contribution is -0.384. The summed E-state index contributed by atoms with van der Waals surface area (Å²) in [5.74, 6) is -0.860. The van der Waals surface area contributed by atoms with Gasteiger partial charge in [0.05, 0.1) is 23.1 Å². The molecule has 2 rings (SSSR count). The maximum atomic E-state index is 13.6. The number of nitro groups is 1. The second-order valence-electron chi connectivity index (χ2n) is 3.63. The van der Waals surface area contributed by atoms with Gasteiger partial charge in [-0.2, -0.15) is 0 Å². The highest BCUT2D eigenvalue weighted by Crippen LogP contribution is 2.34. The first-order valence-electron chi connectivity index (χ1n) is 5.32. The van der Waals surface area contributed by atoms with Crippen LogP contribution >= 0.6 is 11.6 Å². The predicted molar refractivity (Wildman–Crippen MR) is 68.9 cm³/mol. The number of hydrogen-bond donors (Lipinski definition) is 0. The zero-order chi connectivity index (χ0) is 14.7. The van der Waals surface area contributed by atoms with E-state index in [1.54, 1.807) is 0 Å². The monoisotopic (exact) mass is 298 g/mol. The summed E-state index contributed by atoms with van der Waals surface area (Å²) in [6.07, 6.45) is 1.22. The van der Waals surface area contributed by atoms with Gasteiger partial charge in [0.15, 0.2) is 17.3 Å². The van der Waals surface area contributed by atoms with Crippen molar-refractivity contribution in [3.8, 4) is 17.4 Å². The Kier molecular flexibility index (Phi) is 3.99. The molecule has 104 valence electrons. The SMILES string of the molecule is COc1cc([N+](=O)[O-])ccc1Oc1ncc(Cl)cc1F. The van der Waals surface area contributed by atoms with Crippen molar-refractivity contribution in [3.63, 3.8) is 0 Å². The number of hydrogen-bond acceptors (Lipinski definition) is 5. The fraction of sp³-hybridized carbons (Fsp3) is 0.0833. The van der Waals surface area contributed by atoms with Crippen LogP contribution in [0.4, 0.5) is 10.1 Å². The molecule has 0 aliphatic heterocycles. The Morgan fingerprint density at radius 3 is 2.70 bits per heavy atom. The molecule has 0 amide bonds. The lowest BCUT2D eigenvalue weighted by atomic mass is 10.3. The lowest BCUT2D eigenvalue weighted by Crippen LogP contribution is -1.96. The fourth-order valence-electron chi connectivity index (χ4n) is 1.44. The number of halogens is 2. The van der Waals surface area contributed by atoms with Crippen LogP contribution in [0.25, 0.3) is 0 Å². The van der Waals surface area contributed by atoms with Gasteiger partial charge in [-0.25, -0.2) is 9.37 Å². The van der Waals surface area contributed by atoms with Gasteiger partial charge in [-0.3, -0.25) is 10.1 Å². The topological polar surface area (TPSA) is 74.5 Å². The van der Waals surface area contributed by atoms with Gasteiger partial charge >= 0.3 is 0 Å². The van der Waals surface area contributed by atoms with E-state index in [-0.39, 0.29) is 28.1 Å². The van der Waals surface area contributed by atoms with E-state index in [1.807, 2.05) is 0 Å². The molecule has 0 atom stereocenters. The maximum absolute atomic E-state index is 13.6. The second kappa shape index (κ2) is 5.70. The summed E-state index contributed by atoms with van der Waals surface area (Å²) in [5.41, 5.74) is -0.168. The fourth-order valence-corrected chi connectivity index (χ4v) is 1.58. The van der Waals surface area contributed by atoms with Gasteiger partial charge in [-0.05, 0) is 12.1 Å². The van der Waals surface area contributed by atoms with Gasteiger partial charge in [-0.1, -0.05) is 11.6 Å². The van der Waals surface area contributed by atoms with E-state index < -0.39 is 10.7 Å². The molecular formula is C12H8ClFN2O4. The highest BCUT2D eigenvalue weighted by molar-refractivity contribution is 6.30. The van der Waals surface area contributed by atoms with Gasteiger partial charge in [0, 0.05) is 12.3 Å². The number of pyridine rings is 1. The summed E-state index contributed by atoms with van der Waals surface area (Å²) in [5, 5.41) is 10.8. The summed E-state index contributed by atoms with van der Waals surface area (Å²) < 4.78 is 23.8. The summed E-state index contributed by atoms with van der Waals surface area (Å²) in [6.45, 7) is 0. The quantitative estimate of drug-likeness (QED) is 0.637. The van der Waals surface area contributed by atoms with Crippen LogP contribution in [0.1, 0.15) is 0 Å². The van der Waals surface area contributed by atoms with Crippen LogP contribution in [-0.4, -0.2) is 17.0 Å². The summed E-state index contributed by atoms with van der Waals surface area (Å²) in [7, 11) is 1.32. The Morgan fingerprint density at radius 2 is 2.10 bits per heavy atom. The molecular weight excluding hydrogens is 291 g/mol. The molecule has 0 radical (unpaired) electrons. The second-order valence-corrected chi connectivity index (χ2v) is 4.07. The summed E-state index contributed by atoms with van der Waals surface area (Å²) >= 11 is 5.58. The van der Waals surface area contributed by atoms with E-state index in [0.717, 1.165) is 6.07 Å². The Bertz CT molecular complexity index is 666. The first-order valence-corrected chi connectivity index (χ1v) is 5.70. The summed E-state index contributed by atoms with van der Waals surface area (Å²) in [6, 6.07) is 4.73. The Hall–Kier alpha value is -2.41. The first-order chi connectivity index (χ1) is 9.51. The van der Waals surface area contributed by atoms with E-state index in [4.69, 9.17) is 21.1 Å². The van der Waals surface area contributed by atoms with E-state index >= 15 is 0 Å². The van der Waals surface area contributed by atoms with Crippen LogP contribution in [-0.2, 0) is 0 Å². The molecule has 0 saturated carbocycles. The maximum Gasteiger partial charge on any atom is 0.273 e. The van der Waals surface area contributed by atoms with Crippen molar-refractivity contribution in [2.24, 2.45) is 0 Å². The highest BCUT2D eigenvalue weighted by atomic mass is 35.5. The third-order valence-corrected chi connectivity index (χ3v) is 2.55. The zero-order valence-electron chi connectivity index (χ0n) is 10.2. The first kappa shape index (κ1) is 14.0. The average Bonchev–Trinajstić information content (AvgIpc) is 2.42. The molecule has 8 heteroatoms. The van der Waals surface area contributed by atoms with Crippen LogP contribution < -0.4 is 9.47 Å². The normalized spacial score (nSPS) is 10.2. The van der Waals surface area contributed by atoms with Crippen molar-refractivity contribution >= 4 is 17.3 Å².